The molecule has 0 aliphatic heterocycles. The minimum Gasteiger partial charge on any atom is -0.475 e. The van der Waals surface area contributed by atoms with Crippen LogP contribution in [0.1, 0.15) is 29.6 Å². The van der Waals surface area contributed by atoms with Crippen molar-refractivity contribution in [3.8, 4) is 11.5 Å². The number of hydrogen-bond donors (Lipinski definition) is 1. The number of aryl methyl sites for hydroxylation is 1. The van der Waals surface area contributed by atoms with Gasteiger partial charge in [-0.25, -0.2) is 9.78 Å². The number of oxazole rings is 1. The van der Waals surface area contributed by atoms with Crippen LogP contribution >= 0.6 is 27.5 Å². The number of benzene rings is 1. The Morgan fingerprint density at radius 1 is 1.53 bits per heavy atom. The van der Waals surface area contributed by atoms with Crippen molar-refractivity contribution >= 4 is 33.5 Å². The van der Waals surface area contributed by atoms with E-state index in [0.717, 1.165) is 10.9 Å². The molecule has 0 saturated heterocycles. The van der Waals surface area contributed by atoms with E-state index in [2.05, 4.69) is 20.9 Å². The summed E-state index contributed by atoms with van der Waals surface area (Å²) in [5.74, 6) is -0.934. The lowest BCUT2D eigenvalue weighted by Crippen LogP contribution is -1.99. The van der Waals surface area contributed by atoms with Crippen molar-refractivity contribution in [2.75, 3.05) is 0 Å². The molecule has 0 fully saturated rings. The third-order valence-corrected chi connectivity index (χ3v) is 3.78. The molecule has 6 heteroatoms. The van der Waals surface area contributed by atoms with Gasteiger partial charge in [-0.05, 0) is 40.5 Å². The van der Waals surface area contributed by atoms with Crippen LogP contribution in [0.25, 0.3) is 11.5 Å². The summed E-state index contributed by atoms with van der Waals surface area (Å²) < 4.78 is 6.09. The predicted octanol–water partition coefficient (Wildman–Crippen LogP) is 4.41. The average molecular weight is 345 g/mol. The number of carbonyl (C=O) groups is 1. The van der Waals surface area contributed by atoms with Crippen LogP contribution < -0.4 is 0 Å². The van der Waals surface area contributed by atoms with Crippen LogP contribution in [-0.2, 0) is 6.42 Å². The zero-order chi connectivity index (χ0) is 14.0. The molecule has 0 atom stereocenters. The third-order valence-electron chi connectivity index (χ3n) is 2.54. The van der Waals surface area contributed by atoms with Gasteiger partial charge < -0.3 is 9.52 Å². The highest BCUT2D eigenvalue weighted by Crippen LogP contribution is 2.29. The lowest BCUT2D eigenvalue weighted by Gasteiger charge is -1.98. The predicted molar refractivity (Wildman–Crippen MR) is 75.6 cm³/mol. The summed E-state index contributed by atoms with van der Waals surface area (Å²) in [6.07, 6.45) is 1.36. The fraction of sp³-hybridized carbons (Fsp3) is 0.231. The SMILES string of the molecule is CCCc1nc(-c2ccc(Br)c(Cl)c2)oc1C(=O)O. The number of rotatable bonds is 4. The molecule has 0 aliphatic carbocycles. The molecule has 0 saturated carbocycles. The third kappa shape index (κ3) is 2.98. The summed E-state index contributed by atoms with van der Waals surface area (Å²) in [5.41, 5.74) is 1.11. The lowest BCUT2D eigenvalue weighted by atomic mass is 10.2. The minimum atomic E-state index is -1.11. The van der Waals surface area contributed by atoms with E-state index in [1.807, 2.05) is 6.92 Å². The van der Waals surface area contributed by atoms with Gasteiger partial charge in [0, 0.05) is 10.0 Å². The van der Waals surface area contributed by atoms with Gasteiger partial charge in [-0.2, -0.15) is 0 Å². The zero-order valence-corrected chi connectivity index (χ0v) is 12.5. The second kappa shape index (κ2) is 5.75. The van der Waals surface area contributed by atoms with Gasteiger partial charge in [0.25, 0.3) is 0 Å². The standard InChI is InChI=1S/C13H11BrClNO3/c1-2-3-10-11(13(17)18)19-12(16-10)7-4-5-8(14)9(15)6-7/h4-6H,2-3H2,1H3,(H,17,18). The summed E-state index contributed by atoms with van der Waals surface area (Å²) in [6, 6.07) is 5.21. The van der Waals surface area contributed by atoms with Crippen molar-refractivity contribution in [2.45, 2.75) is 19.8 Å². The number of hydrogen-bond acceptors (Lipinski definition) is 3. The van der Waals surface area contributed by atoms with Gasteiger partial charge in [0.15, 0.2) is 0 Å². The summed E-state index contributed by atoms with van der Waals surface area (Å²) >= 11 is 9.29. The van der Waals surface area contributed by atoms with Crippen molar-refractivity contribution in [2.24, 2.45) is 0 Å². The molecule has 0 spiro atoms. The Balaban J connectivity index is 2.47. The lowest BCUT2D eigenvalue weighted by molar-refractivity contribution is 0.0661. The van der Waals surface area contributed by atoms with E-state index in [1.54, 1.807) is 18.2 Å². The molecule has 100 valence electrons. The molecular weight excluding hydrogens is 334 g/mol. The molecule has 1 N–H and O–H groups in total. The van der Waals surface area contributed by atoms with E-state index in [1.165, 1.54) is 0 Å². The van der Waals surface area contributed by atoms with Crippen molar-refractivity contribution in [1.29, 1.82) is 0 Å². The molecule has 1 aromatic heterocycles. The second-order valence-corrected chi connectivity index (χ2v) is 5.24. The summed E-state index contributed by atoms with van der Waals surface area (Å²) in [6.45, 7) is 1.95. The Morgan fingerprint density at radius 3 is 2.84 bits per heavy atom. The molecule has 0 unspecified atom stereocenters. The maximum atomic E-state index is 11.1. The smallest absolute Gasteiger partial charge is 0.373 e. The minimum absolute atomic E-state index is 0.101. The van der Waals surface area contributed by atoms with Crippen molar-refractivity contribution in [1.82, 2.24) is 4.98 Å². The van der Waals surface area contributed by atoms with Crippen LogP contribution in [-0.4, -0.2) is 16.1 Å². The first-order chi connectivity index (χ1) is 9.02. The van der Waals surface area contributed by atoms with Gasteiger partial charge in [0.05, 0.1) is 10.7 Å². The highest BCUT2D eigenvalue weighted by molar-refractivity contribution is 9.10. The normalized spacial score (nSPS) is 10.7. The van der Waals surface area contributed by atoms with Gasteiger partial charge in [-0.3, -0.25) is 0 Å². The number of halogens is 2. The van der Waals surface area contributed by atoms with Crippen molar-refractivity contribution in [3.63, 3.8) is 0 Å². The fourth-order valence-corrected chi connectivity index (χ4v) is 2.10. The van der Waals surface area contributed by atoms with E-state index in [4.69, 9.17) is 21.1 Å². The first-order valence-corrected chi connectivity index (χ1v) is 6.88. The maximum Gasteiger partial charge on any atom is 0.373 e. The van der Waals surface area contributed by atoms with Gasteiger partial charge in [0.2, 0.25) is 11.7 Å². The molecule has 4 nitrogen and oxygen atoms in total. The molecule has 19 heavy (non-hydrogen) atoms. The first kappa shape index (κ1) is 14.1. The highest BCUT2D eigenvalue weighted by atomic mass is 79.9. The van der Waals surface area contributed by atoms with Gasteiger partial charge >= 0.3 is 5.97 Å². The monoisotopic (exact) mass is 343 g/mol. The van der Waals surface area contributed by atoms with Crippen molar-refractivity contribution in [3.05, 3.63) is 39.1 Å². The Hall–Kier alpha value is -1.33. The Bertz CT molecular complexity index is 624. The topological polar surface area (TPSA) is 63.3 Å². The van der Waals surface area contributed by atoms with E-state index >= 15 is 0 Å². The molecule has 2 aromatic rings. The van der Waals surface area contributed by atoms with Crippen molar-refractivity contribution < 1.29 is 14.3 Å². The first-order valence-electron chi connectivity index (χ1n) is 5.71. The van der Waals surface area contributed by atoms with Crippen LogP contribution in [0, 0.1) is 0 Å². The molecule has 1 aromatic carbocycles. The molecule has 1 heterocycles. The molecule has 0 bridgehead atoms. The number of aromatic nitrogens is 1. The van der Waals surface area contributed by atoms with Gasteiger partial charge in [-0.1, -0.05) is 24.9 Å². The summed E-state index contributed by atoms with van der Waals surface area (Å²) in [7, 11) is 0. The molecule has 2 rings (SSSR count). The van der Waals surface area contributed by atoms with E-state index < -0.39 is 5.97 Å². The second-order valence-electron chi connectivity index (χ2n) is 3.98. The summed E-state index contributed by atoms with van der Waals surface area (Å²) in [4.78, 5) is 15.3. The molecule has 0 radical (unpaired) electrons. The Labute approximate surface area is 123 Å². The van der Waals surface area contributed by atoms with E-state index in [9.17, 15) is 4.79 Å². The highest BCUT2D eigenvalue weighted by Gasteiger charge is 2.19. The van der Waals surface area contributed by atoms with E-state index in [0.29, 0.717) is 22.7 Å². The fourth-order valence-electron chi connectivity index (χ4n) is 1.68. The number of carboxylic acid groups (broad SMARTS) is 1. The number of aromatic carboxylic acids is 1. The molecule has 0 aliphatic rings. The largest absolute Gasteiger partial charge is 0.475 e. The Kier molecular flexibility index (Phi) is 4.27. The quantitative estimate of drug-likeness (QED) is 0.892. The van der Waals surface area contributed by atoms with Crippen LogP contribution in [0.5, 0.6) is 0 Å². The summed E-state index contributed by atoms with van der Waals surface area (Å²) in [5, 5.41) is 9.60. The average Bonchev–Trinajstić information content (AvgIpc) is 2.77. The Morgan fingerprint density at radius 2 is 2.26 bits per heavy atom. The van der Waals surface area contributed by atoms with E-state index in [-0.39, 0.29) is 11.7 Å². The number of nitrogens with zero attached hydrogens (tertiary/aromatic N) is 1. The maximum absolute atomic E-state index is 11.1. The van der Waals surface area contributed by atoms with Crippen LogP contribution in [0.15, 0.2) is 27.1 Å². The van der Waals surface area contributed by atoms with Gasteiger partial charge in [-0.15, -0.1) is 0 Å². The van der Waals surface area contributed by atoms with Gasteiger partial charge in [0.1, 0.15) is 0 Å². The molecular formula is C13H11BrClNO3. The zero-order valence-electron chi connectivity index (χ0n) is 10.1. The number of carboxylic acids is 1. The van der Waals surface area contributed by atoms with Crippen LogP contribution in [0.3, 0.4) is 0 Å². The van der Waals surface area contributed by atoms with Crippen LogP contribution in [0.2, 0.25) is 5.02 Å². The molecule has 0 amide bonds. The van der Waals surface area contributed by atoms with Crippen LogP contribution in [0.4, 0.5) is 0 Å².